The van der Waals surface area contributed by atoms with Gasteiger partial charge in [0.1, 0.15) is 6.61 Å². The zero-order chi connectivity index (χ0) is 31.7. The van der Waals surface area contributed by atoms with Crippen LogP contribution in [0.25, 0.3) is 10.9 Å². The van der Waals surface area contributed by atoms with Crippen molar-refractivity contribution in [1.29, 1.82) is 0 Å². The van der Waals surface area contributed by atoms with Crippen LogP contribution in [0.1, 0.15) is 64.8 Å². The van der Waals surface area contributed by atoms with Gasteiger partial charge in [0.25, 0.3) is 5.91 Å². The quantitative estimate of drug-likeness (QED) is 0.0984. The molecule has 0 aliphatic heterocycles. The zero-order valence-electron chi connectivity index (χ0n) is 26.5. The van der Waals surface area contributed by atoms with Crippen molar-refractivity contribution in [2.24, 2.45) is 5.92 Å². The molecule has 4 aromatic carbocycles. The first-order valence-corrected chi connectivity index (χ1v) is 16.3. The number of benzene rings is 4. The highest BCUT2D eigenvalue weighted by atomic mass is 16.5. The largest absolute Gasteiger partial charge is 0.493 e. The summed E-state index contributed by atoms with van der Waals surface area (Å²) in [7, 11) is 1.63. The molecule has 0 amide bonds. The van der Waals surface area contributed by atoms with Gasteiger partial charge in [0.05, 0.1) is 25.2 Å². The van der Waals surface area contributed by atoms with Crippen LogP contribution in [0.4, 0.5) is 0 Å². The molecule has 5 aromatic rings. The highest BCUT2D eigenvalue weighted by Crippen LogP contribution is 2.41. The molecule has 1 aliphatic rings. The molecule has 6 heteroatoms. The van der Waals surface area contributed by atoms with Gasteiger partial charge >= 0.3 is 5.97 Å². The first-order valence-electron chi connectivity index (χ1n) is 16.3. The van der Waals surface area contributed by atoms with E-state index in [4.69, 9.17) is 14.2 Å². The summed E-state index contributed by atoms with van der Waals surface area (Å²) < 4.78 is 19.6. The van der Waals surface area contributed by atoms with Gasteiger partial charge in [0.2, 0.25) is 0 Å². The molecule has 0 spiro atoms. The number of hydrogen-bond acceptors (Lipinski definition) is 5. The maximum Gasteiger partial charge on any atom is 0.309 e. The second kappa shape index (κ2) is 15.0. The van der Waals surface area contributed by atoms with Crippen molar-refractivity contribution >= 4 is 22.8 Å². The summed E-state index contributed by atoms with van der Waals surface area (Å²) >= 11 is 0. The van der Waals surface area contributed by atoms with Crippen LogP contribution in [0.3, 0.4) is 0 Å². The minimum Gasteiger partial charge on any atom is -0.493 e. The fourth-order valence-electron chi connectivity index (χ4n) is 6.44. The van der Waals surface area contributed by atoms with Gasteiger partial charge in [-0.3, -0.25) is 14.2 Å². The van der Waals surface area contributed by atoms with Crippen LogP contribution in [-0.4, -0.2) is 30.2 Å². The summed E-state index contributed by atoms with van der Waals surface area (Å²) in [5.41, 5.74) is 5.65. The number of hydrogen-bond donors (Lipinski definition) is 0. The maximum atomic E-state index is 13.9. The molecule has 0 saturated carbocycles. The van der Waals surface area contributed by atoms with Crippen molar-refractivity contribution in [2.75, 3.05) is 13.7 Å². The molecular formula is C40H41NO5. The zero-order valence-corrected chi connectivity index (χ0v) is 26.5. The lowest BCUT2D eigenvalue weighted by Crippen LogP contribution is -2.26. The Morgan fingerprint density at radius 3 is 2.17 bits per heavy atom. The molecule has 1 aromatic heterocycles. The Morgan fingerprint density at radius 1 is 0.783 bits per heavy atom. The Bertz CT molecular complexity index is 1760. The van der Waals surface area contributed by atoms with E-state index in [0.717, 1.165) is 59.8 Å². The van der Waals surface area contributed by atoms with E-state index in [9.17, 15) is 9.59 Å². The van der Waals surface area contributed by atoms with Gasteiger partial charge in [-0.1, -0.05) is 91.7 Å². The fourth-order valence-corrected chi connectivity index (χ4v) is 6.44. The van der Waals surface area contributed by atoms with Crippen LogP contribution in [0.5, 0.6) is 11.5 Å². The van der Waals surface area contributed by atoms with Crippen LogP contribution in [0, 0.1) is 5.92 Å². The number of aromatic nitrogens is 1. The van der Waals surface area contributed by atoms with Gasteiger partial charge in [-0.2, -0.15) is 0 Å². The number of unbranched alkanes of at least 4 members (excludes halogenated alkanes) is 3. The molecule has 236 valence electrons. The van der Waals surface area contributed by atoms with Crippen molar-refractivity contribution in [3.63, 3.8) is 0 Å². The van der Waals surface area contributed by atoms with E-state index in [0.29, 0.717) is 42.9 Å². The normalized spacial score (nSPS) is 14.1. The minimum atomic E-state index is -0.288. The van der Waals surface area contributed by atoms with Gasteiger partial charge < -0.3 is 14.2 Å². The van der Waals surface area contributed by atoms with Crippen molar-refractivity contribution in [3.05, 3.63) is 131 Å². The van der Waals surface area contributed by atoms with E-state index in [1.807, 2.05) is 77.4 Å². The molecular weight excluding hydrogens is 574 g/mol. The number of ether oxygens (including phenoxy) is 3. The molecule has 6 rings (SSSR count). The molecule has 0 radical (unpaired) electrons. The van der Waals surface area contributed by atoms with Crippen LogP contribution in [0.2, 0.25) is 0 Å². The lowest BCUT2D eigenvalue weighted by Gasteiger charge is -2.22. The highest BCUT2D eigenvalue weighted by Gasteiger charge is 2.33. The lowest BCUT2D eigenvalue weighted by molar-refractivity contribution is -0.150. The van der Waals surface area contributed by atoms with E-state index in [1.54, 1.807) is 7.11 Å². The van der Waals surface area contributed by atoms with Crippen LogP contribution in [-0.2, 0) is 35.4 Å². The molecule has 1 heterocycles. The Kier molecular flexibility index (Phi) is 10.1. The smallest absolute Gasteiger partial charge is 0.309 e. The summed E-state index contributed by atoms with van der Waals surface area (Å²) in [5.74, 6) is 0.655. The lowest BCUT2D eigenvalue weighted by atomic mass is 9.86. The second-order valence-electron chi connectivity index (χ2n) is 12.0. The SMILES string of the molecule is COc1cc2c(cc1OCCCCCCc1ccccc1)c1c(n2C(=O)c2ccccc2)CCC(C(=O)OCc2ccccc2)C1. The highest BCUT2D eigenvalue weighted by molar-refractivity contribution is 6.05. The average Bonchev–Trinajstić information content (AvgIpc) is 3.43. The molecule has 1 aliphatic carbocycles. The molecule has 0 saturated heterocycles. The van der Waals surface area contributed by atoms with Gasteiger partial charge in [0.15, 0.2) is 11.5 Å². The van der Waals surface area contributed by atoms with Gasteiger partial charge in [-0.15, -0.1) is 0 Å². The molecule has 1 atom stereocenters. The van der Waals surface area contributed by atoms with E-state index in [1.165, 1.54) is 5.56 Å². The topological polar surface area (TPSA) is 66.8 Å². The number of carbonyl (C=O) groups is 2. The van der Waals surface area contributed by atoms with Crippen LogP contribution >= 0.6 is 0 Å². The summed E-state index contributed by atoms with van der Waals surface area (Å²) in [5, 5.41) is 0.915. The Balaban J connectivity index is 1.21. The Labute approximate surface area is 270 Å². The summed E-state index contributed by atoms with van der Waals surface area (Å²) in [6.45, 7) is 0.826. The first kappa shape index (κ1) is 31.2. The number of rotatable bonds is 13. The first-order chi connectivity index (χ1) is 22.6. The molecule has 0 bridgehead atoms. The predicted molar refractivity (Wildman–Crippen MR) is 181 cm³/mol. The van der Waals surface area contributed by atoms with Crippen LogP contribution in [0.15, 0.2) is 103 Å². The minimum absolute atomic E-state index is 0.0943. The maximum absolute atomic E-state index is 13.9. The second-order valence-corrected chi connectivity index (χ2v) is 12.0. The third-order valence-electron chi connectivity index (χ3n) is 8.89. The van der Waals surface area contributed by atoms with Crippen molar-refractivity contribution < 1.29 is 23.8 Å². The fraction of sp³-hybridized carbons (Fsp3) is 0.300. The number of carbonyl (C=O) groups excluding carboxylic acids is 2. The van der Waals surface area contributed by atoms with Gasteiger partial charge in [-0.25, -0.2) is 0 Å². The molecule has 0 N–H and O–H groups in total. The predicted octanol–water partition coefficient (Wildman–Crippen LogP) is 8.37. The number of fused-ring (bicyclic) bond motifs is 3. The number of esters is 1. The third-order valence-corrected chi connectivity index (χ3v) is 8.89. The summed E-state index contributed by atoms with van der Waals surface area (Å²) in [6, 6.07) is 33.6. The Morgan fingerprint density at radius 2 is 1.46 bits per heavy atom. The number of aryl methyl sites for hydroxylation is 1. The third kappa shape index (κ3) is 7.17. The van der Waals surface area contributed by atoms with E-state index in [2.05, 4.69) is 30.3 Å². The van der Waals surface area contributed by atoms with Crippen molar-refractivity contribution in [3.8, 4) is 11.5 Å². The Hall–Kier alpha value is -4.84. The molecule has 0 fully saturated rings. The van der Waals surface area contributed by atoms with Crippen LogP contribution < -0.4 is 9.47 Å². The standard InChI is InChI=1S/C40H41NO5/c1-44-37-27-36-34(26-38(37)45-24-14-3-2-7-15-29-16-8-4-9-17-29)33-25-32(40(43)46-28-30-18-10-5-11-19-30)22-23-35(33)41(36)39(42)31-20-12-6-13-21-31/h4-6,8-13,16-21,26-27,32H,2-3,7,14-15,22-25,28H2,1H3. The molecule has 46 heavy (non-hydrogen) atoms. The molecule has 1 unspecified atom stereocenters. The molecule has 6 nitrogen and oxygen atoms in total. The van der Waals surface area contributed by atoms with E-state index < -0.39 is 0 Å². The van der Waals surface area contributed by atoms with Gasteiger partial charge in [-0.05, 0) is 73.4 Å². The average molecular weight is 616 g/mol. The summed E-state index contributed by atoms with van der Waals surface area (Å²) in [6.07, 6.45) is 7.13. The summed E-state index contributed by atoms with van der Waals surface area (Å²) in [4.78, 5) is 27.2. The van der Waals surface area contributed by atoms with Gasteiger partial charge in [0, 0.05) is 22.7 Å². The van der Waals surface area contributed by atoms with E-state index in [-0.39, 0.29) is 24.4 Å². The number of methoxy groups -OCH3 is 1. The van der Waals surface area contributed by atoms with E-state index >= 15 is 0 Å². The van der Waals surface area contributed by atoms with Crippen molar-refractivity contribution in [2.45, 2.75) is 58.0 Å². The monoisotopic (exact) mass is 615 g/mol. The van der Waals surface area contributed by atoms with Crippen molar-refractivity contribution in [1.82, 2.24) is 4.57 Å². The number of nitrogens with zero attached hydrogens (tertiary/aromatic N) is 1.